The van der Waals surface area contributed by atoms with Crippen molar-refractivity contribution in [1.82, 2.24) is 9.78 Å². The standard InChI is InChI=1S/C14H15ClN2O4/c1-8-4-10(17(2)16-8)7-21-13-11(15)5-9(14(18)19)6-12(13)20-3/h4-6H,7H2,1-3H3,(H,18,19). The summed E-state index contributed by atoms with van der Waals surface area (Å²) in [7, 11) is 3.25. The van der Waals surface area contributed by atoms with Crippen molar-refractivity contribution in [2.75, 3.05) is 7.11 Å². The first kappa shape index (κ1) is 15.2. The van der Waals surface area contributed by atoms with Gasteiger partial charge in [0, 0.05) is 7.05 Å². The molecule has 0 amide bonds. The van der Waals surface area contributed by atoms with Gasteiger partial charge in [-0.05, 0) is 25.1 Å². The average molecular weight is 311 g/mol. The van der Waals surface area contributed by atoms with Crippen LogP contribution in [0, 0.1) is 6.92 Å². The van der Waals surface area contributed by atoms with E-state index < -0.39 is 5.97 Å². The van der Waals surface area contributed by atoms with Crippen LogP contribution in [0.2, 0.25) is 5.02 Å². The molecule has 2 aromatic rings. The fourth-order valence-corrected chi connectivity index (χ4v) is 2.19. The van der Waals surface area contributed by atoms with E-state index >= 15 is 0 Å². The number of aryl methyl sites for hydroxylation is 2. The maximum Gasteiger partial charge on any atom is 0.335 e. The predicted molar refractivity (Wildman–Crippen MR) is 77.2 cm³/mol. The highest BCUT2D eigenvalue weighted by Crippen LogP contribution is 2.36. The Hall–Kier alpha value is -2.21. The van der Waals surface area contributed by atoms with Crippen LogP contribution in [0.25, 0.3) is 0 Å². The summed E-state index contributed by atoms with van der Waals surface area (Å²) in [5.74, 6) is -0.495. The number of carboxylic acids is 1. The molecule has 0 aliphatic carbocycles. The molecule has 0 radical (unpaired) electrons. The van der Waals surface area contributed by atoms with E-state index in [1.54, 1.807) is 4.68 Å². The second-order valence-corrected chi connectivity index (χ2v) is 4.89. The van der Waals surface area contributed by atoms with Gasteiger partial charge in [-0.3, -0.25) is 4.68 Å². The van der Waals surface area contributed by atoms with E-state index in [1.807, 2.05) is 20.0 Å². The van der Waals surface area contributed by atoms with Gasteiger partial charge in [-0.25, -0.2) is 4.79 Å². The number of hydrogen-bond acceptors (Lipinski definition) is 4. The highest BCUT2D eigenvalue weighted by molar-refractivity contribution is 6.32. The minimum absolute atomic E-state index is 0.0422. The van der Waals surface area contributed by atoms with Gasteiger partial charge >= 0.3 is 5.97 Å². The molecule has 21 heavy (non-hydrogen) atoms. The number of aromatic nitrogens is 2. The third kappa shape index (κ3) is 3.28. The highest BCUT2D eigenvalue weighted by Gasteiger charge is 2.16. The monoisotopic (exact) mass is 310 g/mol. The largest absolute Gasteiger partial charge is 0.493 e. The van der Waals surface area contributed by atoms with Gasteiger partial charge in [0.1, 0.15) is 6.61 Å². The molecular weight excluding hydrogens is 296 g/mol. The summed E-state index contributed by atoms with van der Waals surface area (Å²) < 4.78 is 12.5. The lowest BCUT2D eigenvalue weighted by molar-refractivity contribution is 0.0696. The van der Waals surface area contributed by atoms with Crippen LogP contribution in [-0.2, 0) is 13.7 Å². The second kappa shape index (κ2) is 6.05. The fraction of sp³-hybridized carbons (Fsp3) is 0.286. The van der Waals surface area contributed by atoms with Gasteiger partial charge in [-0.2, -0.15) is 5.10 Å². The summed E-state index contributed by atoms with van der Waals surface area (Å²) in [5.41, 5.74) is 1.80. The third-order valence-corrected chi connectivity index (χ3v) is 3.22. The zero-order valence-corrected chi connectivity index (χ0v) is 12.6. The van der Waals surface area contributed by atoms with Gasteiger partial charge in [0.05, 0.1) is 29.1 Å². The maximum atomic E-state index is 11.0. The number of methoxy groups -OCH3 is 1. The predicted octanol–water partition coefficient (Wildman–Crippen LogP) is 2.67. The number of hydrogen-bond donors (Lipinski definition) is 1. The summed E-state index contributed by atoms with van der Waals surface area (Å²) in [5, 5.41) is 13.4. The number of benzene rings is 1. The molecule has 0 unspecified atom stereocenters. The van der Waals surface area contributed by atoms with Crippen LogP contribution in [0.15, 0.2) is 18.2 Å². The van der Waals surface area contributed by atoms with Crippen molar-refractivity contribution >= 4 is 17.6 Å². The summed E-state index contributed by atoms with van der Waals surface area (Å²) in [6, 6.07) is 4.60. The quantitative estimate of drug-likeness (QED) is 0.919. The molecule has 0 fully saturated rings. The average Bonchev–Trinajstić information content (AvgIpc) is 2.74. The Bertz CT molecular complexity index is 682. The molecule has 0 aliphatic heterocycles. The molecular formula is C14H15ClN2O4. The number of nitrogens with zero attached hydrogens (tertiary/aromatic N) is 2. The summed E-state index contributed by atoms with van der Waals surface area (Å²) in [4.78, 5) is 11.0. The van der Waals surface area contributed by atoms with Gasteiger partial charge in [0.15, 0.2) is 11.5 Å². The zero-order chi connectivity index (χ0) is 15.6. The van der Waals surface area contributed by atoms with Crippen LogP contribution < -0.4 is 9.47 Å². The first-order valence-corrected chi connectivity index (χ1v) is 6.53. The third-order valence-electron chi connectivity index (χ3n) is 2.94. The molecule has 1 heterocycles. The lowest BCUT2D eigenvalue weighted by atomic mass is 10.2. The van der Waals surface area contributed by atoms with E-state index in [2.05, 4.69) is 5.10 Å². The molecule has 6 nitrogen and oxygen atoms in total. The number of aromatic carboxylic acids is 1. The Labute approximate surface area is 126 Å². The molecule has 0 spiro atoms. The van der Waals surface area contributed by atoms with E-state index in [0.29, 0.717) is 5.75 Å². The summed E-state index contributed by atoms with van der Waals surface area (Å²) in [6.07, 6.45) is 0. The molecule has 1 N–H and O–H groups in total. The number of ether oxygens (including phenoxy) is 2. The number of rotatable bonds is 5. The first-order chi connectivity index (χ1) is 9.92. The normalized spacial score (nSPS) is 10.5. The number of carboxylic acid groups (broad SMARTS) is 1. The Kier molecular flexibility index (Phi) is 4.37. The van der Waals surface area contributed by atoms with Crippen molar-refractivity contribution in [3.63, 3.8) is 0 Å². The molecule has 1 aromatic heterocycles. The SMILES string of the molecule is COc1cc(C(=O)O)cc(Cl)c1OCc1cc(C)nn1C. The van der Waals surface area contributed by atoms with Crippen molar-refractivity contribution in [1.29, 1.82) is 0 Å². The van der Waals surface area contributed by atoms with Gasteiger partial charge in [0.2, 0.25) is 0 Å². The Morgan fingerprint density at radius 2 is 2.14 bits per heavy atom. The van der Waals surface area contributed by atoms with Crippen LogP contribution in [0.5, 0.6) is 11.5 Å². The van der Waals surface area contributed by atoms with Crippen molar-refractivity contribution < 1.29 is 19.4 Å². The van der Waals surface area contributed by atoms with Crippen LogP contribution in [0.4, 0.5) is 0 Å². The van der Waals surface area contributed by atoms with Crippen LogP contribution in [-0.4, -0.2) is 28.0 Å². The maximum absolute atomic E-state index is 11.0. The van der Waals surface area contributed by atoms with Crippen molar-refractivity contribution in [2.45, 2.75) is 13.5 Å². The lowest BCUT2D eigenvalue weighted by Gasteiger charge is -2.13. The van der Waals surface area contributed by atoms with Crippen molar-refractivity contribution in [2.24, 2.45) is 7.05 Å². The molecule has 2 rings (SSSR count). The first-order valence-electron chi connectivity index (χ1n) is 6.15. The van der Waals surface area contributed by atoms with Gasteiger partial charge in [-0.15, -0.1) is 0 Å². The van der Waals surface area contributed by atoms with E-state index in [9.17, 15) is 4.79 Å². The smallest absolute Gasteiger partial charge is 0.335 e. The Morgan fingerprint density at radius 1 is 1.43 bits per heavy atom. The molecule has 0 atom stereocenters. The molecule has 112 valence electrons. The lowest BCUT2D eigenvalue weighted by Crippen LogP contribution is -2.05. The molecule has 0 saturated carbocycles. The Morgan fingerprint density at radius 3 is 2.67 bits per heavy atom. The fourth-order valence-electron chi connectivity index (χ4n) is 1.93. The van der Waals surface area contributed by atoms with E-state index in [-0.39, 0.29) is 22.9 Å². The molecule has 0 saturated heterocycles. The van der Waals surface area contributed by atoms with Crippen LogP contribution in [0.3, 0.4) is 0 Å². The van der Waals surface area contributed by atoms with Gasteiger partial charge in [-0.1, -0.05) is 11.6 Å². The minimum atomic E-state index is -1.08. The molecule has 1 aromatic carbocycles. The number of carbonyl (C=O) groups is 1. The topological polar surface area (TPSA) is 73.6 Å². The zero-order valence-electron chi connectivity index (χ0n) is 11.9. The van der Waals surface area contributed by atoms with E-state index in [1.165, 1.54) is 19.2 Å². The number of halogens is 1. The van der Waals surface area contributed by atoms with Gasteiger partial charge < -0.3 is 14.6 Å². The summed E-state index contributed by atoms with van der Waals surface area (Å²) in [6.45, 7) is 2.14. The minimum Gasteiger partial charge on any atom is -0.493 e. The van der Waals surface area contributed by atoms with Crippen molar-refractivity contribution in [3.8, 4) is 11.5 Å². The van der Waals surface area contributed by atoms with E-state index in [4.69, 9.17) is 26.2 Å². The van der Waals surface area contributed by atoms with Crippen LogP contribution in [0.1, 0.15) is 21.7 Å². The Balaban J connectivity index is 2.27. The van der Waals surface area contributed by atoms with Crippen LogP contribution >= 0.6 is 11.6 Å². The highest BCUT2D eigenvalue weighted by atomic mass is 35.5. The summed E-state index contributed by atoms with van der Waals surface area (Å²) >= 11 is 6.08. The van der Waals surface area contributed by atoms with Gasteiger partial charge in [0.25, 0.3) is 0 Å². The molecule has 0 bridgehead atoms. The van der Waals surface area contributed by atoms with E-state index in [0.717, 1.165) is 11.4 Å². The second-order valence-electron chi connectivity index (χ2n) is 4.48. The molecule has 7 heteroatoms. The van der Waals surface area contributed by atoms with Crippen molar-refractivity contribution in [3.05, 3.63) is 40.2 Å². The molecule has 0 aliphatic rings.